The third-order valence-corrected chi connectivity index (χ3v) is 6.26. The molecule has 176 valence electrons. The third kappa shape index (κ3) is 8.90. The van der Waals surface area contributed by atoms with Crippen LogP contribution < -0.4 is 0 Å². The molecule has 1 aliphatic carbocycles. The van der Waals surface area contributed by atoms with Crippen LogP contribution in [0.2, 0.25) is 0 Å². The molecule has 0 spiro atoms. The topological polar surface area (TPSA) is 73.3 Å². The lowest BCUT2D eigenvalue weighted by Gasteiger charge is -2.46. The van der Waals surface area contributed by atoms with Gasteiger partial charge in [-0.15, -0.1) is 0 Å². The number of aliphatic carboxylic acids is 1. The SMILES string of the molecule is CCCN(COC(C)=O)C1CCCCC1N(CCC)CC(CC)N(CC)CC(=O)O. The van der Waals surface area contributed by atoms with Crippen molar-refractivity contribution in [1.29, 1.82) is 0 Å². The Balaban J connectivity index is 3.02. The van der Waals surface area contributed by atoms with Crippen molar-refractivity contribution in [2.24, 2.45) is 0 Å². The summed E-state index contributed by atoms with van der Waals surface area (Å²) in [6.45, 7) is 14.1. The number of hydrogen-bond donors (Lipinski definition) is 1. The Labute approximate surface area is 183 Å². The fourth-order valence-electron chi connectivity index (χ4n) is 4.86. The Kier molecular flexibility index (Phi) is 13.2. The normalized spacial score (nSPS) is 20.7. The van der Waals surface area contributed by atoms with Crippen LogP contribution in [0.5, 0.6) is 0 Å². The number of ether oxygens (including phenoxy) is 1. The molecule has 0 bridgehead atoms. The maximum Gasteiger partial charge on any atom is 0.317 e. The maximum atomic E-state index is 11.4. The average Bonchev–Trinajstić information content (AvgIpc) is 2.72. The number of nitrogens with zero attached hydrogens (tertiary/aromatic N) is 3. The molecule has 1 aliphatic rings. The van der Waals surface area contributed by atoms with Gasteiger partial charge in [-0.25, -0.2) is 0 Å². The van der Waals surface area contributed by atoms with E-state index in [0.717, 1.165) is 58.3 Å². The van der Waals surface area contributed by atoms with E-state index in [0.29, 0.717) is 18.8 Å². The van der Waals surface area contributed by atoms with Gasteiger partial charge in [-0.2, -0.15) is 0 Å². The van der Waals surface area contributed by atoms with Gasteiger partial charge in [0.25, 0.3) is 0 Å². The van der Waals surface area contributed by atoms with Crippen LogP contribution in [0.15, 0.2) is 0 Å². The summed E-state index contributed by atoms with van der Waals surface area (Å²) < 4.78 is 5.39. The van der Waals surface area contributed by atoms with Crippen molar-refractivity contribution in [3.63, 3.8) is 0 Å². The molecule has 3 atom stereocenters. The standard InChI is InChI=1S/C23H45N3O4/c1-6-14-25(16-20(8-3)24(9-4)17-23(28)29)21-12-10-11-13-22(21)26(15-7-2)18-30-19(5)27/h20-22H,6-18H2,1-5H3,(H,28,29). The number of esters is 1. The summed E-state index contributed by atoms with van der Waals surface area (Å²) in [7, 11) is 0. The highest BCUT2D eigenvalue weighted by atomic mass is 16.5. The van der Waals surface area contributed by atoms with Gasteiger partial charge in [0.1, 0.15) is 6.73 Å². The third-order valence-electron chi connectivity index (χ3n) is 6.26. The lowest BCUT2D eigenvalue weighted by atomic mass is 9.87. The van der Waals surface area contributed by atoms with Gasteiger partial charge in [0.05, 0.1) is 6.54 Å². The zero-order valence-electron chi connectivity index (χ0n) is 19.9. The van der Waals surface area contributed by atoms with E-state index in [2.05, 4.69) is 35.5 Å². The second kappa shape index (κ2) is 14.8. The lowest BCUT2D eigenvalue weighted by Crippen LogP contribution is -2.57. The quantitative estimate of drug-likeness (QED) is 0.317. The number of rotatable bonds is 15. The van der Waals surface area contributed by atoms with E-state index in [1.165, 1.54) is 19.8 Å². The van der Waals surface area contributed by atoms with Crippen LogP contribution >= 0.6 is 0 Å². The molecule has 30 heavy (non-hydrogen) atoms. The predicted octanol–water partition coefficient (Wildman–Crippen LogP) is 3.43. The molecule has 1 fully saturated rings. The first kappa shape index (κ1) is 26.9. The molecule has 0 saturated heterocycles. The molecular formula is C23H45N3O4. The Hall–Kier alpha value is -1.18. The largest absolute Gasteiger partial charge is 0.480 e. The van der Waals surface area contributed by atoms with Crippen molar-refractivity contribution < 1.29 is 19.4 Å². The van der Waals surface area contributed by atoms with Gasteiger partial charge in [-0.1, -0.05) is 40.5 Å². The first-order valence-corrected chi connectivity index (χ1v) is 11.9. The van der Waals surface area contributed by atoms with Crippen molar-refractivity contribution >= 4 is 11.9 Å². The van der Waals surface area contributed by atoms with Crippen LogP contribution in [-0.4, -0.2) is 89.3 Å². The molecule has 0 amide bonds. The smallest absolute Gasteiger partial charge is 0.317 e. The lowest BCUT2D eigenvalue weighted by molar-refractivity contribution is -0.148. The van der Waals surface area contributed by atoms with E-state index in [1.807, 2.05) is 6.92 Å². The van der Waals surface area contributed by atoms with Gasteiger partial charge < -0.3 is 9.84 Å². The Bertz CT molecular complexity index is 503. The summed E-state index contributed by atoms with van der Waals surface area (Å²) >= 11 is 0. The maximum absolute atomic E-state index is 11.4. The van der Waals surface area contributed by atoms with Gasteiger partial charge in [0.15, 0.2) is 0 Å². The highest BCUT2D eigenvalue weighted by molar-refractivity contribution is 5.69. The minimum absolute atomic E-state index is 0.0947. The second-order valence-corrected chi connectivity index (χ2v) is 8.51. The molecule has 0 aromatic carbocycles. The number of likely N-dealkylation sites (N-methyl/N-ethyl adjacent to an activating group) is 1. The summed E-state index contributed by atoms with van der Waals surface area (Å²) in [6, 6.07) is 1.02. The van der Waals surface area contributed by atoms with Crippen molar-refractivity contribution in [1.82, 2.24) is 14.7 Å². The van der Waals surface area contributed by atoms with Gasteiger partial charge in [0, 0.05) is 38.1 Å². The number of carboxylic acid groups (broad SMARTS) is 1. The summed E-state index contributed by atoms with van der Waals surface area (Å²) in [5.41, 5.74) is 0. The van der Waals surface area contributed by atoms with Crippen LogP contribution in [0.1, 0.15) is 79.6 Å². The number of hydrogen-bond acceptors (Lipinski definition) is 6. The van der Waals surface area contributed by atoms with Crippen LogP contribution in [0.4, 0.5) is 0 Å². The van der Waals surface area contributed by atoms with Crippen LogP contribution in [0.3, 0.4) is 0 Å². The van der Waals surface area contributed by atoms with Crippen molar-refractivity contribution in [3.05, 3.63) is 0 Å². The molecule has 1 rings (SSSR count). The Morgan fingerprint density at radius 1 is 1.00 bits per heavy atom. The Morgan fingerprint density at radius 2 is 1.57 bits per heavy atom. The van der Waals surface area contributed by atoms with E-state index >= 15 is 0 Å². The molecule has 3 unspecified atom stereocenters. The zero-order chi connectivity index (χ0) is 22.5. The summed E-state index contributed by atoms with van der Waals surface area (Å²) in [5.74, 6) is -0.990. The predicted molar refractivity (Wildman–Crippen MR) is 120 cm³/mol. The van der Waals surface area contributed by atoms with Crippen molar-refractivity contribution in [2.45, 2.75) is 97.7 Å². The monoisotopic (exact) mass is 427 g/mol. The van der Waals surface area contributed by atoms with E-state index in [1.54, 1.807) is 0 Å². The van der Waals surface area contributed by atoms with Gasteiger partial charge >= 0.3 is 11.9 Å². The van der Waals surface area contributed by atoms with Gasteiger partial charge in [0.2, 0.25) is 0 Å². The van der Waals surface area contributed by atoms with E-state index < -0.39 is 5.97 Å². The Morgan fingerprint density at radius 3 is 2.03 bits per heavy atom. The molecular weight excluding hydrogens is 382 g/mol. The molecule has 7 nitrogen and oxygen atoms in total. The number of carboxylic acids is 1. The summed E-state index contributed by atoms with van der Waals surface area (Å²) in [5, 5.41) is 9.32. The molecule has 7 heteroatoms. The molecule has 0 aromatic heterocycles. The first-order chi connectivity index (χ1) is 14.4. The zero-order valence-corrected chi connectivity index (χ0v) is 19.9. The van der Waals surface area contributed by atoms with Gasteiger partial charge in [-0.3, -0.25) is 24.3 Å². The first-order valence-electron chi connectivity index (χ1n) is 11.9. The molecule has 0 aliphatic heterocycles. The fourth-order valence-corrected chi connectivity index (χ4v) is 4.86. The molecule has 0 radical (unpaired) electrons. The summed E-state index contributed by atoms with van der Waals surface area (Å²) in [4.78, 5) is 29.8. The molecule has 1 N–H and O–H groups in total. The second-order valence-electron chi connectivity index (χ2n) is 8.51. The highest BCUT2D eigenvalue weighted by Crippen LogP contribution is 2.28. The highest BCUT2D eigenvalue weighted by Gasteiger charge is 2.35. The minimum Gasteiger partial charge on any atom is -0.480 e. The van der Waals surface area contributed by atoms with Crippen LogP contribution in [-0.2, 0) is 14.3 Å². The van der Waals surface area contributed by atoms with E-state index in [9.17, 15) is 14.7 Å². The fraction of sp³-hybridized carbons (Fsp3) is 0.913. The summed E-state index contributed by atoms with van der Waals surface area (Å²) in [6.07, 6.45) is 7.73. The van der Waals surface area contributed by atoms with E-state index in [-0.39, 0.29) is 18.6 Å². The molecule has 0 aromatic rings. The minimum atomic E-state index is -0.761. The van der Waals surface area contributed by atoms with Crippen molar-refractivity contribution in [2.75, 3.05) is 39.5 Å². The van der Waals surface area contributed by atoms with E-state index in [4.69, 9.17) is 4.74 Å². The van der Waals surface area contributed by atoms with Gasteiger partial charge in [-0.05, 0) is 45.2 Å². The number of carbonyl (C=O) groups excluding carboxylic acids is 1. The average molecular weight is 428 g/mol. The molecule has 0 heterocycles. The van der Waals surface area contributed by atoms with Crippen molar-refractivity contribution in [3.8, 4) is 0 Å². The van der Waals surface area contributed by atoms with Crippen LogP contribution in [0, 0.1) is 0 Å². The number of carbonyl (C=O) groups is 2. The molecule has 1 saturated carbocycles. The van der Waals surface area contributed by atoms with Crippen LogP contribution in [0.25, 0.3) is 0 Å².